The lowest BCUT2D eigenvalue weighted by Crippen LogP contribution is -2.45. The van der Waals surface area contributed by atoms with E-state index in [1.54, 1.807) is 22.2 Å². The molecule has 23 heavy (non-hydrogen) atoms. The van der Waals surface area contributed by atoms with Crippen molar-refractivity contribution in [1.82, 2.24) is 20.3 Å². The first-order valence-corrected chi connectivity index (χ1v) is 8.97. The molecule has 2 aliphatic rings. The van der Waals surface area contributed by atoms with Crippen molar-refractivity contribution >= 4 is 17.2 Å². The predicted octanol–water partition coefficient (Wildman–Crippen LogP) is 1.52. The molecule has 1 amide bonds. The zero-order valence-electron chi connectivity index (χ0n) is 12.8. The lowest BCUT2D eigenvalue weighted by atomic mass is 9.85. The van der Waals surface area contributed by atoms with Gasteiger partial charge in [-0.3, -0.25) is 4.79 Å². The van der Waals surface area contributed by atoms with E-state index in [-0.39, 0.29) is 24.5 Å². The number of hydrogen-bond acceptors (Lipinski definition) is 5. The van der Waals surface area contributed by atoms with Crippen molar-refractivity contribution in [2.75, 3.05) is 6.61 Å². The fourth-order valence-electron chi connectivity index (χ4n) is 4.17. The Morgan fingerprint density at radius 3 is 3.09 bits per heavy atom. The molecule has 0 saturated heterocycles. The Bertz CT molecular complexity index is 684. The van der Waals surface area contributed by atoms with Crippen LogP contribution in [0.3, 0.4) is 0 Å². The normalized spacial score (nSPS) is 29.1. The van der Waals surface area contributed by atoms with Crippen molar-refractivity contribution in [3.05, 3.63) is 34.3 Å². The second-order valence-electron chi connectivity index (χ2n) is 6.56. The van der Waals surface area contributed by atoms with Crippen molar-refractivity contribution in [2.45, 2.75) is 31.8 Å². The second kappa shape index (κ2) is 6.05. The van der Waals surface area contributed by atoms with Gasteiger partial charge in [-0.05, 0) is 42.5 Å². The molecule has 2 aromatic heterocycles. The summed E-state index contributed by atoms with van der Waals surface area (Å²) in [5.74, 6) is 1.07. The highest BCUT2D eigenvalue weighted by atomic mass is 32.1. The molecular weight excluding hydrogens is 312 g/mol. The fourth-order valence-corrected chi connectivity index (χ4v) is 4.86. The highest BCUT2D eigenvalue weighted by molar-refractivity contribution is 7.09. The molecule has 0 spiro atoms. The third-order valence-electron chi connectivity index (χ3n) is 5.27. The number of fused-ring (bicyclic) bond motifs is 2. The quantitative estimate of drug-likeness (QED) is 0.870. The maximum Gasteiger partial charge on any atom is 0.273 e. The van der Waals surface area contributed by atoms with Crippen LogP contribution >= 0.6 is 11.3 Å². The molecule has 4 rings (SSSR count). The lowest BCUT2D eigenvalue weighted by molar-refractivity contribution is 0.0856. The molecule has 2 saturated carbocycles. The first-order chi connectivity index (χ1) is 11.2. The highest BCUT2D eigenvalue weighted by Gasteiger charge is 2.47. The number of amides is 1. The predicted molar refractivity (Wildman–Crippen MR) is 86.1 cm³/mol. The van der Waals surface area contributed by atoms with Gasteiger partial charge in [0, 0.05) is 23.4 Å². The number of thiophene rings is 1. The molecule has 4 unspecified atom stereocenters. The van der Waals surface area contributed by atoms with Crippen LogP contribution in [0, 0.1) is 17.8 Å². The average molecular weight is 332 g/mol. The first kappa shape index (κ1) is 14.8. The van der Waals surface area contributed by atoms with Crippen molar-refractivity contribution in [3.8, 4) is 0 Å². The molecule has 2 bridgehead atoms. The topological polar surface area (TPSA) is 80.0 Å². The van der Waals surface area contributed by atoms with E-state index in [0.717, 1.165) is 12.8 Å². The van der Waals surface area contributed by atoms with Crippen LogP contribution in [-0.4, -0.2) is 38.7 Å². The minimum absolute atomic E-state index is 0.0775. The summed E-state index contributed by atoms with van der Waals surface area (Å²) in [6.45, 7) is 0.780. The van der Waals surface area contributed by atoms with E-state index in [1.165, 1.54) is 11.3 Å². The zero-order chi connectivity index (χ0) is 15.8. The maximum absolute atomic E-state index is 12.4. The van der Waals surface area contributed by atoms with Gasteiger partial charge in [-0.15, -0.1) is 16.4 Å². The summed E-state index contributed by atoms with van der Waals surface area (Å²) in [5.41, 5.74) is 0.348. The van der Waals surface area contributed by atoms with Gasteiger partial charge in [0.15, 0.2) is 5.69 Å². The molecule has 0 aromatic carbocycles. The van der Waals surface area contributed by atoms with Crippen LogP contribution in [0.1, 0.15) is 34.6 Å². The molecule has 7 heteroatoms. The minimum atomic E-state index is -0.182. The summed E-state index contributed by atoms with van der Waals surface area (Å²) in [5, 5.41) is 22.7. The van der Waals surface area contributed by atoms with Crippen molar-refractivity contribution in [2.24, 2.45) is 17.8 Å². The Kier molecular flexibility index (Phi) is 3.90. The van der Waals surface area contributed by atoms with E-state index in [2.05, 4.69) is 15.6 Å². The lowest BCUT2D eigenvalue weighted by Gasteiger charge is -2.30. The smallest absolute Gasteiger partial charge is 0.273 e. The number of carbonyl (C=O) groups excluding carboxylic acids is 1. The average Bonchev–Trinajstić information content (AvgIpc) is 3.32. The van der Waals surface area contributed by atoms with Gasteiger partial charge >= 0.3 is 0 Å². The van der Waals surface area contributed by atoms with E-state index in [4.69, 9.17) is 0 Å². The van der Waals surface area contributed by atoms with Crippen LogP contribution in [0.15, 0.2) is 23.7 Å². The van der Waals surface area contributed by atoms with Crippen LogP contribution in [0.2, 0.25) is 0 Å². The number of aliphatic hydroxyl groups is 1. The van der Waals surface area contributed by atoms with Gasteiger partial charge in [0.1, 0.15) is 0 Å². The molecule has 122 valence electrons. The van der Waals surface area contributed by atoms with Crippen LogP contribution in [0.25, 0.3) is 0 Å². The Labute approximate surface area is 138 Å². The molecular formula is C16H20N4O2S. The second-order valence-corrected chi connectivity index (χ2v) is 7.59. The molecule has 2 aliphatic carbocycles. The molecule has 0 radical (unpaired) electrons. The Balaban J connectivity index is 1.42. The number of nitrogens with zero attached hydrogens (tertiary/aromatic N) is 3. The summed E-state index contributed by atoms with van der Waals surface area (Å²) in [7, 11) is 0. The number of rotatable bonds is 5. The van der Waals surface area contributed by atoms with Gasteiger partial charge in [-0.1, -0.05) is 11.3 Å². The maximum atomic E-state index is 12.4. The van der Waals surface area contributed by atoms with Crippen LogP contribution in [0.5, 0.6) is 0 Å². The van der Waals surface area contributed by atoms with Crippen molar-refractivity contribution < 1.29 is 9.90 Å². The highest BCUT2D eigenvalue weighted by Crippen LogP contribution is 2.48. The fraction of sp³-hybridized carbons (Fsp3) is 0.562. The SMILES string of the molecule is O=C(NC1C2CCC(C2)C1CO)c1cn(Cc2cccs2)nn1. The number of hydrogen-bond donors (Lipinski definition) is 2. The van der Waals surface area contributed by atoms with E-state index in [0.29, 0.717) is 24.1 Å². The van der Waals surface area contributed by atoms with Gasteiger partial charge in [-0.25, -0.2) is 4.68 Å². The summed E-state index contributed by atoms with van der Waals surface area (Å²) < 4.78 is 1.69. The van der Waals surface area contributed by atoms with Crippen LogP contribution < -0.4 is 5.32 Å². The molecule has 2 heterocycles. The van der Waals surface area contributed by atoms with Crippen molar-refractivity contribution in [1.29, 1.82) is 0 Å². The van der Waals surface area contributed by atoms with Crippen molar-refractivity contribution in [3.63, 3.8) is 0 Å². The van der Waals surface area contributed by atoms with Gasteiger partial charge in [0.05, 0.1) is 12.7 Å². The Morgan fingerprint density at radius 2 is 2.30 bits per heavy atom. The molecule has 6 nitrogen and oxygen atoms in total. The molecule has 2 N–H and O–H groups in total. The first-order valence-electron chi connectivity index (χ1n) is 8.09. The van der Waals surface area contributed by atoms with E-state index < -0.39 is 0 Å². The molecule has 0 aliphatic heterocycles. The number of aromatic nitrogens is 3. The Hall–Kier alpha value is -1.73. The largest absolute Gasteiger partial charge is 0.396 e. The molecule has 4 atom stereocenters. The third kappa shape index (κ3) is 2.79. The Morgan fingerprint density at radius 1 is 1.43 bits per heavy atom. The van der Waals surface area contributed by atoms with E-state index in [1.807, 2.05) is 17.5 Å². The van der Waals surface area contributed by atoms with Gasteiger partial charge in [0.2, 0.25) is 0 Å². The van der Waals surface area contributed by atoms with Crippen LogP contribution in [-0.2, 0) is 6.54 Å². The number of nitrogens with one attached hydrogen (secondary N) is 1. The third-order valence-corrected chi connectivity index (χ3v) is 6.13. The molecule has 2 fully saturated rings. The van der Waals surface area contributed by atoms with Gasteiger partial charge < -0.3 is 10.4 Å². The summed E-state index contributed by atoms with van der Waals surface area (Å²) in [6.07, 6.45) is 5.15. The van der Waals surface area contributed by atoms with E-state index >= 15 is 0 Å². The standard InChI is InChI=1S/C16H20N4O2S/c21-9-13-10-3-4-11(6-10)15(13)17-16(22)14-8-20(19-18-14)7-12-2-1-5-23-12/h1-2,5,8,10-11,13,15,21H,3-4,6-7,9H2,(H,17,22). The minimum Gasteiger partial charge on any atom is -0.396 e. The number of carbonyl (C=O) groups is 1. The van der Waals surface area contributed by atoms with Gasteiger partial charge in [-0.2, -0.15) is 0 Å². The monoisotopic (exact) mass is 332 g/mol. The van der Waals surface area contributed by atoms with Crippen LogP contribution in [0.4, 0.5) is 0 Å². The summed E-state index contributed by atoms with van der Waals surface area (Å²) >= 11 is 1.66. The zero-order valence-corrected chi connectivity index (χ0v) is 13.6. The van der Waals surface area contributed by atoms with Gasteiger partial charge in [0.25, 0.3) is 5.91 Å². The van der Waals surface area contributed by atoms with E-state index in [9.17, 15) is 9.90 Å². The summed E-state index contributed by atoms with van der Waals surface area (Å²) in [4.78, 5) is 13.6. The number of aliphatic hydroxyl groups excluding tert-OH is 1. The summed E-state index contributed by atoms with van der Waals surface area (Å²) in [6, 6.07) is 4.11. The molecule has 2 aromatic rings.